The van der Waals surface area contributed by atoms with Crippen molar-refractivity contribution < 1.29 is 0 Å². The van der Waals surface area contributed by atoms with Crippen LogP contribution in [0.2, 0.25) is 0 Å². The normalized spacial score (nSPS) is 22.7. The maximum Gasteiger partial charge on any atom is 0.161 e. The zero-order valence-electron chi connectivity index (χ0n) is 8.79. The molecule has 1 aliphatic carbocycles. The van der Waals surface area contributed by atoms with Crippen molar-refractivity contribution in [1.82, 2.24) is 0 Å². The van der Waals surface area contributed by atoms with Crippen LogP contribution in [-0.4, -0.2) is 11.4 Å². The van der Waals surface area contributed by atoms with Gasteiger partial charge in [-0.3, -0.25) is 4.99 Å². The second-order valence-electron chi connectivity index (χ2n) is 4.05. The lowest BCUT2D eigenvalue weighted by Gasteiger charge is -2.30. The molecule has 1 heterocycles. The van der Waals surface area contributed by atoms with E-state index in [0.717, 1.165) is 5.17 Å². The summed E-state index contributed by atoms with van der Waals surface area (Å²) in [6, 6.07) is 6.97. The first-order chi connectivity index (χ1) is 7.38. The summed E-state index contributed by atoms with van der Waals surface area (Å²) in [5, 5.41) is 4.46. The number of aryl methyl sites for hydroxylation is 1. The quantitative estimate of drug-likeness (QED) is 0.723. The number of rotatable bonds is 0. The van der Waals surface area contributed by atoms with E-state index in [2.05, 4.69) is 29.8 Å². The van der Waals surface area contributed by atoms with Crippen molar-refractivity contribution in [3.05, 3.63) is 29.3 Å². The van der Waals surface area contributed by atoms with E-state index in [1.54, 1.807) is 11.8 Å². The minimum Gasteiger partial charge on any atom is -0.335 e. The molecule has 0 amide bonds. The largest absolute Gasteiger partial charge is 0.335 e. The Kier molecular flexibility index (Phi) is 2.20. The van der Waals surface area contributed by atoms with Crippen molar-refractivity contribution in [3.8, 4) is 0 Å². The summed E-state index contributed by atoms with van der Waals surface area (Å²) in [6.07, 6.45) is 5.76. The van der Waals surface area contributed by atoms with Gasteiger partial charge in [0.1, 0.15) is 0 Å². The molecule has 1 aromatic carbocycles. The Labute approximate surface area is 94.2 Å². The maximum atomic E-state index is 4.74. The first-order valence-corrected chi connectivity index (χ1v) is 6.61. The predicted molar refractivity (Wildman–Crippen MR) is 66.7 cm³/mol. The summed E-state index contributed by atoms with van der Waals surface area (Å²) < 4.78 is 0. The van der Waals surface area contributed by atoms with Crippen molar-refractivity contribution in [3.63, 3.8) is 0 Å². The Balaban J connectivity index is 2.12. The highest BCUT2D eigenvalue weighted by atomic mass is 32.2. The predicted octanol–water partition coefficient (Wildman–Crippen LogP) is 3.21. The van der Waals surface area contributed by atoms with E-state index in [0.29, 0.717) is 6.04 Å². The number of amidine groups is 1. The number of anilines is 1. The van der Waals surface area contributed by atoms with Gasteiger partial charge in [-0.2, -0.15) is 0 Å². The fourth-order valence-electron chi connectivity index (χ4n) is 2.49. The molecule has 1 aromatic rings. The zero-order chi connectivity index (χ0) is 10.3. The van der Waals surface area contributed by atoms with Gasteiger partial charge in [0, 0.05) is 11.3 Å². The first kappa shape index (κ1) is 9.28. The van der Waals surface area contributed by atoms with Crippen molar-refractivity contribution in [2.24, 2.45) is 4.99 Å². The van der Waals surface area contributed by atoms with Gasteiger partial charge in [-0.1, -0.05) is 23.9 Å². The molecule has 78 valence electrons. The lowest BCUT2D eigenvalue weighted by molar-refractivity contribution is 0.572. The molecule has 15 heavy (non-hydrogen) atoms. The van der Waals surface area contributed by atoms with Crippen molar-refractivity contribution in [1.29, 1.82) is 0 Å². The van der Waals surface area contributed by atoms with Crippen LogP contribution in [0.4, 0.5) is 5.69 Å². The second-order valence-corrected chi connectivity index (χ2v) is 4.84. The van der Waals surface area contributed by atoms with Crippen molar-refractivity contribution in [2.75, 3.05) is 11.6 Å². The SMILES string of the molecule is CSC1=NC2CCCc3cccc(c32)N1. The first-order valence-electron chi connectivity index (χ1n) is 5.39. The van der Waals surface area contributed by atoms with Crippen LogP contribution in [0.25, 0.3) is 0 Å². The van der Waals surface area contributed by atoms with Gasteiger partial charge >= 0.3 is 0 Å². The molecule has 0 aromatic heterocycles. The highest BCUT2D eigenvalue weighted by molar-refractivity contribution is 8.13. The zero-order valence-corrected chi connectivity index (χ0v) is 9.60. The Hall–Kier alpha value is -0.960. The maximum absolute atomic E-state index is 4.74. The standard InChI is InChI=1S/C12H14N2S/c1-15-12-13-9-6-2-4-8-5-3-7-10(14-12)11(8)9/h2,4,6,10H,3,5,7H2,1H3,(H,13,14). The molecule has 3 heteroatoms. The second kappa shape index (κ2) is 3.56. The van der Waals surface area contributed by atoms with E-state index < -0.39 is 0 Å². The van der Waals surface area contributed by atoms with E-state index >= 15 is 0 Å². The number of thioether (sulfide) groups is 1. The molecular formula is C12H14N2S. The Morgan fingerprint density at radius 3 is 3.27 bits per heavy atom. The number of hydrogen-bond donors (Lipinski definition) is 1. The van der Waals surface area contributed by atoms with Crippen LogP contribution < -0.4 is 5.32 Å². The number of aliphatic imine (C=N–C) groups is 1. The molecule has 1 atom stereocenters. The molecule has 3 rings (SSSR count). The van der Waals surface area contributed by atoms with Gasteiger partial charge in [0.25, 0.3) is 0 Å². The molecule has 1 unspecified atom stereocenters. The van der Waals surface area contributed by atoms with E-state index in [9.17, 15) is 0 Å². The molecule has 1 N–H and O–H groups in total. The number of benzene rings is 1. The molecule has 2 nitrogen and oxygen atoms in total. The summed E-state index contributed by atoms with van der Waals surface area (Å²) in [4.78, 5) is 4.74. The molecular weight excluding hydrogens is 204 g/mol. The van der Waals surface area contributed by atoms with E-state index in [1.165, 1.54) is 36.1 Å². The summed E-state index contributed by atoms with van der Waals surface area (Å²) in [5.41, 5.74) is 4.21. The van der Waals surface area contributed by atoms with Crippen molar-refractivity contribution in [2.45, 2.75) is 25.3 Å². The minimum absolute atomic E-state index is 0.411. The molecule has 2 aliphatic rings. The molecule has 0 saturated heterocycles. The summed E-state index contributed by atoms with van der Waals surface area (Å²) in [7, 11) is 0. The highest BCUT2D eigenvalue weighted by Crippen LogP contribution is 2.40. The van der Waals surface area contributed by atoms with Gasteiger partial charge in [-0.05, 0) is 37.1 Å². The van der Waals surface area contributed by atoms with Crippen LogP contribution in [0.5, 0.6) is 0 Å². The van der Waals surface area contributed by atoms with Crippen LogP contribution >= 0.6 is 11.8 Å². The van der Waals surface area contributed by atoms with Crippen LogP contribution in [-0.2, 0) is 6.42 Å². The van der Waals surface area contributed by atoms with E-state index in [4.69, 9.17) is 4.99 Å². The summed E-state index contributed by atoms with van der Waals surface area (Å²) in [5.74, 6) is 0. The topological polar surface area (TPSA) is 24.4 Å². The lowest BCUT2D eigenvalue weighted by Crippen LogP contribution is -2.21. The Morgan fingerprint density at radius 1 is 1.47 bits per heavy atom. The molecule has 0 radical (unpaired) electrons. The fraction of sp³-hybridized carbons (Fsp3) is 0.417. The van der Waals surface area contributed by atoms with Gasteiger partial charge < -0.3 is 5.32 Å². The Morgan fingerprint density at radius 2 is 2.40 bits per heavy atom. The van der Waals surface area contributed by atoms with Gasteiger partial charge in [0.05, 0.1) is 6.04 Å². The van der Waals surface area contributed by atoms with E-state index in [1.807, 2.05) is 0 Å². The van der Waals surface area contributed by atoms with Crippen LogP contribution in [0.15, 0.2) is 23.2 Å². The van der Waals surface area contributed by atoms with Crippen molar-refractivity contribution >= 4 is 22.6 Å². The number of hydrogen-bond acceptors (Lipinski definition) is 3. The lowest BCUT2D eigenvalue weighted by atomic mass is 9.86. The average Bonchev–Trinajstić information content (AvgIpc) is 2.29. The minimum atomic E-state index is 0.411. The third-order valence-electron chi connectivity index (χ3n) is 3.16. The molecule has 0 spiro atoms. The molecule has 0 saturated carbocycles. The highest BCUT2D eigenvalue weighted by Gasteiger charge is 2.26. The van der Waals surface area contributed by atoms with E-state index in [-0.39, 0.29) is 0 Å². The van der Waals surface area contributed by atoms with Crippen LogP contribution in [0.1, 0.15) is 30.0 Å². The molecule has 0 bridgehead atoms. The monoisotopic (exact) mass is 218 g/mol. The third kappa shape index (κ3) is 1.46. The smallest absolute Gasteiger partial charge is 0.161 e. The van der Waals surface area contributed by atoms with Crippen LogP contribution in [0.3, 0.4) is 0 Å². The summed E-state index contributed by atoms with van der Waals surface area (Å²) in [6.45, 7) is 0. The van der Waals surface area contributed by atoms with Gasteiger partial charge in [-0.25, -0.2) is 0 Å². The summed E-state index contributed by atoms with van der Waals surface area (Å²) >= 11 is 1.70. The van der Waals surface area contributed by atoms with Gasteiger partial charge in [0.15, 0.2) is 5.17 Å². The number of nitrogens with zero attached hydrogens (tertiary/aromatic N) is 1. The van der Waals surface area contributed by atoms with Crippen LogP contribution in [0, 0.1) is 0 Å². The molecule has 1 aliphatic heterocycles. The van der Waals surface area contributed by atoms with Gasteiger partial charge in [0.2, 0.25) is 0 Å². The average molecular weight is 218 g/mol. The number of nitrogens with one attached hydrogen (secondary N) is 1. The fourth-order valence-corrected chi connectivity index (χ4v) is 2.93. The van der Waals surface area contributed by atoms with Gasteiger partial charge in [-0.15, -0.1) is 0 Å². The third-order valence-corrected chi connectivity index (χ3v) is 3.76. The Bertz CT molecular complexity index is 426. The molecule has 0 fully saturated rings.